The minimum absolute atomic E-state index is 0.215. The molecule has 0 amide bonds. The van der Waals surface area contributed by atoms with Crippen LogP contribution in [0.2, 0.25) is 0 Å². The number of hydrogen-bond acceptors (Lipinski definition) is 2. The SMILES string of the molecule is CN(C)C1CCN(c2ccccc2C(C)(C)C)C1. The van der Waals surface area contributed by atoms with E-state index in [9.17, 15) is 0 Å². The van der Waals surface area contributed by atoms with Crippen molar-refractivity contribution in [3.63, 3.8) is 0 Å². The third-order valence-electron chi connectivity index (χ3n) is 3.95. The normalized spacial score (nSPS) is 20.8. The lowest BCUT2D eigenvalue weighted by Crippen LogP contribution is -2.32. The number of nitrogens with zero attached hydrogens (tertiary/aromatic N) is 2. The molecule has 2 heteroatoms. The molecule has 2 rings (SSSR count). The molecule has 1 atom stereocenters. The Hall–Kier alpha value is -1.02. The highest BCUT2D eigenvalue weighted by Crippen LogP contribution is 2.33. The van der Waals surface area contributed by atoms with Crippen LogP contribution < -0.4 is 4.90 Å². The number of rotatable bonds is 2. The van der Waals surface area contributed by atoms with Crippen molar-refractivity contribution in [2.24, 2.45) is 0 Å². The van der Waals surface area contributed by atoms with Gasteiger partial charge in [-0.1, -0.05) is 39.0 Å². The number of anilines is 1. The highest BCUT2D eigenvalue weighted by atomic mass is 15.2. The van der Waals surface area contributed by atoms with Crippen LogP contribution in [0.15, 0.2) is 24.3 Å². The molecule has 0 aliphatic carbocycles. The summed E-state index contributed by atoms with van der Waals surface area (Å²) >= 11 is 0. The smallest absolute Gasteiger partial charge is 0.0404 e. The zero-order valence-electron chi connectivity index (χ0n) is 12.4. The molecule has 1 fully saturated rings. The first-order chi connectivity index (χ1) is 8.39. The molecule has 18 heavy (non-hydrogen) atoms. The van der Waals surface area contributed by atoms with Crippen LogP contribution in [0.3, 0.4) is 0 Å². The molecule has 1 heterocycles. The lowest BCUT2D eigenvalue weighted by molar-refractivity contribution is 0.315. The van der Waals surface area contributed by atoms with Gasteiger partial charge in [-0.3, -0.25) is 0 Å². The van der Waals surface area contributed by atoms with E-state index < -0.39 is 0 Å². The molecule has 1 saturated heterocycles. The Bertz CT molecular complexity index is 404. The number of benzene rings is 1. The van der Waals surface area contributed by atoms with Crippen LogP contribution in [-0.4, -0.2) is 38.1 Å². The number of likely N-dealkylation sites (N-methyl/N-ethyl adjacent to an activating group) is 1. The van der Waals surface area contributed by atoms with Gasteiger partial charge in [-0.25, -0.2) is 0 Å². The molecule has 0 saturated carbocycles. The Morgan fingerprint density at radius 2 is 1.83 bits per heavy atom. The van der Waals surface area contributed by atoms with Crippen LogP contribution in [0.25, 0.3) is 0 Å². The van der Waals surface area contributed by atoms with Crippen LogP contribution in [0.1, 0.15) is 32.8 Å². The second-order valence-corrected chi connectivity index (χ2v) is 6.62. The van der Waals surface area contributed by atoms with Gasteiger partial charge in [0, 0.05) is 24.8 Å². The van der Waals surface area contributed by atoms with Gasteiger partial charge in [0.15, 0.2) is 0 Å². The van der Waals surface area contributed by atoms with Crippen molar-refractivity contribution in [2.45, 2.75) is 38.6 Å². The highest BCUT2D eigenvalue weighted by molar-refractivity contribution is 5.57. The van der Waals surface area contributed by atoms with Crippen LogP contribution >= 0.6 is 0 Å². The number of hydrogen-bond donors (Lipinski definition) is 0. The molecule has 1 unspecified atom stereocenters. The highest BCUT2D eigenvalue weighted by Gasteiger charge is 2.27. The Morgan fingerprint density at radius 1 is 1.17 bits per heavy atom. The fourth-order valence-electron chi connectivity index (χ4n) is 2.77. The zero-order valence-corrected chi connectivity index (χ0v) is 12.4. The van der Waals surface area contributed by atoms with E-state index in [4.69, 9.17) is 0 Å². The van der Waals surface area contributed by atoms with Gasteiger partial charge in [-0.2, -0.15) is 0 Å². The van der Waals surface area contributed by atoms with E-state index in [1.165, 1.54) is 24.2 Å². The van der Waals surface area contributed by atoms with Gasteiger partial charge in [0.2, 0.25) is 0 Å². The average molecular weight is 246 g/mol. The van der Waals surface area contributed by atoms with Crippen molar-refractivity contribution in [3.8, 4) is 0 Å². The van der Waals surface area contributed by atoms with Gasteiger partial charge < -0.3 is 9.80 Å². The first-order valence-corrected chi connectivity index (χ1v) is 6.90. The summed E-state index contributed by atoms with van der Waals surface area (Å²) in [6, 6.07) is 9.56. The summed E-state index contributed by atoms with van der Waals surface area (Å²) in [6.07, 6.45) is 1.27. The Morgan fingerprint density at radius 3 is 2.39 bits per heavy atom. The van der Waals surface area contributed by atoms with Crippen molar-refractivity contribution in [3.05, 3.63) is 29.8 Å². The lowest BCUT2D eigenvalue weighted by Gasteiger charge is -2.29. The molecule has 1 aromatic rings. The molecule has 1 aromatic carbocycles. The standard InChI is InChI=1S/C16H26N2/c1-16(2,3)14-8-6-7-9-15(14)18-11-10-13(12-18)17(4)5/h6-9,13H,10-12H2,1-5H3. The van der Waals surface area contributed by atoms with Crippen molar-refractivity contribution in [2.75, 3.05) is 32.1 Å². The maximum absolute atomic E-state index is 2.55. The number of para-hydroxylation sites is 1. The van der Waals surface area contributed by atoms with Gasteiger partial charge >= 0.3 is 0 Å². The Balaban J connectivity index is 2.25. The summed E-state index contributed by atoms with van der Waals surface area (Å²) in [5.41, 5.74) is 3.10. The second-order valence-electron chi connectivity index (χ2n) is 6.62. The zero-order chi connectivity index (χ0) is 13.3. The largest absolute Gasteiger partial charge is 0.370 e. The minimum atomic E-state index is 0.215. The Kier molecular flexibility index (Phi) is 3.67. The summed E-state index contributed by atoms with van der Waals surface area (Å²) in [5, 5.41) is 0. The second kappa shape index (κ2) is 4.93. The van der Waals surface area contributed by atoms with Crippen molar-refractivity contribution in [1.82, 2.24) is 4.90 Å². The molecule has 0 N–H and O–H groups in total. The van der Waals surface area contributed by atoms with Crippen LogP contribution in [-0.2, 0) is 5.41 Å². The van der Waals surface area contributed by atoms with Crippen molar-refractivity contribution >= 4 is 5.69 Å². The van der Waals surface area contributed by atoms with E-state index in [0.29, 0.717) is 6.04 Å². The van der Waals surface area contributed by atoms with Crippen molar-refractivity contribution in [1.29, 1.82) is 0 Å². The van der Waals surface area contributed by atoms with Gasteiger partial charge in [-0.15, -0.1) is 0 Å². The molecule has 0 radical (unpaired) electrons. The minimum Gasteiger partial charge on any atom is -0.370 e. The first-order valence-electron chi connectivity index (χ1n) is 6.90. The van der Waals surface area contributed by atoms with Crippen LogP contribution in [0, 0.1) is 0 Å². The van der Waals surface area contributed by atoms with E-state index in [2.05, 4.69) is 68.9 Å². The fourth-order valence-corrected chi connectivity index (χ4v) is 2.77. The maximum atomic E-state index is 2.55. The molecule has 2 nitrogen and oxygen atoms in total. The summed E-state index contributed by atoms with van der Waals surface area (Å²) in [7, 11) is 4.37. The summed E-state index contributed by atoms with van der Waals surface area (Å²) < 4.78 is 0. The Labute approximate surface area is 112 Å². The molecule has 100 valence electrons. The topological polar surface area (TPSA) is 6.48 Å². The van der Waals surface area contributed by atoms with E-state index in [-0.39, 0.29) is 5.41 Å². The van der Waals surface area contributed by atoms with Crippen LogP contribution in [0.5, 0.6) is 0 Å². The predicted molar refractivity (Wildman–Crippen MR) is 79.4 cm³/mol. The summed E-state index contributed by atoms with van der Waals surface area (Å²) in [4.78, 5) is 4.89. The molecular weight excluding hydrogens is 220 g/mol. The van der Waals surface area contributed by atoms with Crippen molar-refractivity contribution < 1.29 is 0 Å². The lowest BCUT2D eigenvalue weighted by atomic mass is 9.85. The van der Waals surface area contributed by atoms with Gasteiger partial charge in [0.05, 0.1) is 0 Å². The third-order valence-corrected chi connectivity index (χ3v) is 3.95. The summed E-state index contributed by atoms with van der Waals surface area (Å²) in [6.45, 7) is 9.22. The summed E-state index contributed by atoms with van der Waals surface area (Å²) in [5.74, 6) is 0. The maximum Gasteiger partial charge on any atom is 0.0404 e. The molecular formula is C16H26N2. The van der Waals surface area contributed by atoms with Gasteiger partial charge in [0.1, 0.15) is 0 Å². The fraction of sp³-hybridized carbons (Fsp3) is 0.625. The molecule has 0 bridgehead atoms. The molecule has 1 aliphatic rings. The predicted octanol–water partition coefficient (Wildman–Crippen LogP) is 3.12. The molecule has 1 aliphatic heterocycles. The first kappa shape index (κ1) is 13.4. The average Bonchev–Trinajstić information content (AvgIpc) is 2.77. The van der Waals surface area contributed by atoms with Gasteiger partial charge in [0.25, 0.3) is 0 Å². The molecule has 0 aromatic heterocycles. The van der Waals surface area contributed by atoms with E-state index in [1.54, 1.807) is 0 Å². The van der Waals surface area contributed by atoms with E-state index in [0.717, 1.165) is 6.54 Å². The third kappa shape index (κ3) is 2.69. The molecule has 0 spiro atoms. The monoisotopic (exact) mass is 246 g/mol. The van der Waals surface area contributed by atoms with Crippen LogP contribution in [0.4, 0.5) is 5.69 Å². The quantitative estimate of drug-likeness (QED) is 0.791. The van der Waals surface area contributed by atoms with E-state index >= 15 is 0 Å². The van der Waals surface area contributed by atoms with Gasteiger partial charge in [-0.05, 0) is 37.6 Å². The van der Waals surface area contributed by atoms with E-state index in [1.807, 2.05) is 0 Å².